The molecular weight excluding hydrogens is 1810 g/mol. The molecule has 688 valence electrons. The van der Waals surface area contributed by atoms with Crippen LogP contribution in [0.3, 0.4) is 0 Å². The second-order valence-corrected chi connectivity index (χ2v) is 36.7. The van der Waals surface area contributed by atoms with E-state index in [0.717, 1.165) is 276 Å². The molecule has 17 heteroatoms. The van der Waals surface area contributed by atoms with Crippen molar-refractivity contribution in [2.75, 3.05) is 0 Å². The minimum atomic E-state index is 0.613. The molecule has 0 aliphatic carbocycles. The molecule has 17 nitrogen and oxygen atoms in total. The monoisotopic (exact) mass is 1890 g/mol. The van der Waals surface area contributed by atoms with Gasteiger partial charge in [0.25, 0.3) is 0 Å². The fraction of sp³-hybridized carbons (Fsp3) is 0. The number of rotatable bonds is 13. The lowest BCUT2D eigenvalue weighted by Gasteiger charge is -2.10. The summed E-state index contributed by atoms with van der Waals surface area (Å²) in [4.78, 5) is 81.1. The Morgan fingerprint density at radius 1 is 0.108 bits per heavy atom. The molecule has 0 saturated carbocycles. The van der Waals surface area contributed by atoms with Gasteiger partial charge in [0.05, 0.1) is 112 Å². The van der Waals surface area contributed by atoms with Crippen LogP contribution in [0.2, 0.25) is 0 Å². The summed E-state index contributed by atoms with van der Waals surface area (Å²) in [6.07, 6.45) is 14.2. The van der Waals surface area contributed by atoms with Crippen LogP contribution in [-0.2, 0) is 0 Å². The van der Waals surface area contributed by atoms with Gasteiger partial charge in [-0.1, -0.05) is 285 Å². The molecule has 0 bridgehead atoms. The van der Waals surface area contributed by atoms with Crippen LogP contribution in [0, 0.1) is 0 Å². The molecule has 0 aliphatic rings. The molecule has 0 unspecified atom stereocenters. The molecule has 0 aliphatic heterocycles. The molecule has 0 atom stereocenters. The van der Waals surface area contributed by atoms with Gasteiger partial charge in [0.2, 0.25) is 0 Å². The van der Waals surface area contributed by atoms with E-state index in [2.05, 4.69) is 399 Å². The van der Waals surface area contributed by atoms with Crippen LogP contribution in [0.4, 0.5) is 0 Å². The highest BCUT2D eigenvalue weighted by Gasteiger charge is 2.19. The molecule has 0 radical (unpaired) electrons. The summed E-state index contributed by atoms with van der Waals surface area (Å²) in [5.74, 6) is 1.23. The molecule has 14 aromatic carbocycles. The van der Waals surface area contributed by atoms with Gasteiger partial charge in [0, 0.05) is 159 Å². The Balaban J connectivity index is 0.000000110. The van der Waals surface area contributed by atoms with Gasteiger partial charge in [-0.05, 0) is 190 Å². The van der Waals surface area contributed by atoms with Crippen LogP contribution in [0.15, 0.2) is 480 Å². The molecule has 148 heavy (non-hydrogen) atoms. The molecule has 0 amide bonds. The first kappa shape index (κ1) is 86.7. The molecule has 0 spiro atoms. The molecule has 0 N–H and O–H groups in total. The first-order valence-corrected chi connectivity index (χ1v) is 48.9. The lowest BCUT2D eigenvalue weighted by Crippen LogP contribution is -1.91. The van der Waals surface area contributed by atoms with Crippen LogP contribution in [0.5, 0.6) is 0 Å². The van der Waals surface area contributed by atoms with Crippen molar-refractivity contribution in [3.8, 4) is 146 Å². The largest absolute Gasteiger partial charge is 0.265 e. The average molecular weight is 1890 g/mol. The van der Waals surface area contributed by atoms with Gasteiger partial charge in [-0.2, -0.15) is 0 Å². The topological polar surface area (TPSA) is 219 Å². The summed E-state index contributed by atoms with van der Waals surface area (Å²) >= 11 is 0. The van der Waals surface area contributed by atoms with Crippen molar-refractivity contribution in [1.29, 1.82) is 0 Å². The van der Waals surface area contributed by atoms with E-state index < -0.39 is 0 Å². The maximum absolute atomic E-state index is 5.14. The third-order valence-corrected chi connectivity index (χ3v) is 27.6. The van der Waals surface area contributed by atoms with Crippen molar-refractivity contribution in [1.82, 2.24) is 84.7 Å². The molecule has 0 fully saturated rings. The molecule has 29 rings (SSSR count). The van der Waals surface area contributed by atoms with Crippen molar-refractivity contribution >= 4 is 142 Å². The molecular formula is C131H79N17. The summed E-state index contributed by atoms with van der Waals surface area (Å²) < 4.78 is 0. The predicted octanol–water partition coefficient (Wildman–Crippen LogP) is 31.4. The second-order valence-electron chi connectivity index (χ2n) is 36.7. The fourth-order valence-electron chi connectivity index (χ4n) is 19.7. The Labute approximate surface area is 847 Å². The van der Waals surface area contributed by atoms with Gasteiger partial charge in [-0.3, -0.25) is 15.0 Å². The minimum absolute atomic E-state index is 0.613. The Kier molecular flexibility index (Phi) is 21.8. The van der Waals surface area contributed by atoms with Crippen molar-refractivity contribution in [3.63, 3.8) is 0 Å². The number of hydrogen-bond donors (Lipinski definition) is 0. The van der Waals surface area contributed by atoms with Crippen LogP contribution in [-0.4, -0.2) is 84.7 Å². The molecule has 0 saturated heterocycles. The number of aromatic nitrogens is 17. The molecule has 15 heterocycles. The highest BCUT2D eigenvalue weighted by atomic mass is 14.9. The van der Waals surface area contributed by atoms with Gasteiger partial charge < -0.3 is 0 Å². The van der Waals surface area contributed by atoms with Crippen LogP contribution >= 0.6 is 0 Å². The van der Waals surface area contributed by atoms with Crippen molar-refractivity contribution in [2.45, 2.75) is 0 Å². The Morgan fingerprint density at radius 2 is 0.318 bits per heavy atom. The lowest BCUT2D eigenvalue weighted by atomic mass is 9.99. The highest BCUT2D eigenvalue weighted by molar-refractivity contribution is 6.08. The number of fused-ring (bicyclic) bond motifs is 16. The number of hydrogen-bond acceptors (Lipinski definition) is 17. The highest BCUT2D eigenvalue weighted by Crippen LogP contribution is 2.40. The third-order valence-electron chi connectivity index (χ3n) is 27.6. The predicted molar refractivity (Wildman–Crippen MR) is 600 cm³/mol. The van der Waals surface area contributed by atoms with Crippen molar-refractivity contribution in [2.24, 2.45) is 0 Å². The summed E-state index contributed by atoms with van der Waals surface area (Å²) in [6, 6.07) is 149. The van der Waals surface area contributed by atoms with Gasteiger partial charge in [0.1, 0.15) is 11.4 Å². The number of benzene rings is 14. The quantitative estimate of drug-likeness (QED) is 0.0980. The first-order valence-electron chi connectivity index (χ1n) is 48.9. The van der Waals surface area contributed by atoms with E-state index >= 15 is 0 Å². The van der Waals surface area contributed by atoms with Gasteiger partial charge in [-0.15, -0.1) is 0 Å². The van der Waals surface area contributed by atoms with Crippen molar-refractivity contribution in [3.05, 3.63) is 480 Å². The zero-order valence-corrected chi connectivity index (χ0v) is 79.2. The number of nitrogens with zero attached hydrogens (tertiary/aromatic N) is 17. The van der Waals surface area contributed by atoms with Gasteiger partial charge in [0.15, 0.2) is 11.6 Å². The van der Waals surface area contributed by atoms with Crippen LogP contribution in [0.25, 0.3) is 288 Å². The smallest absolute Gasteiger partial charge is 0.178 e. The zero-order valence-electron chi connectivity index (χ0n) is 79.2. The van der Waals surface area contributed by atoms with Gasteiger partial charge in [-0.25, -0.2) is 69.8 Å². The molecule has 15 aromatic heterocycles. The minimum Gasteiger partial charge on any atom is -0.265 e. The van der Waals surface area contributed by atoms with E-state index in [-0.39, 0.29) is 0 Å². The fourth-order valence-corrected chi connectivity index (χ4v) is 19.7. The standard InChI is InChI=1S/C46H28N6.C45H27N5.C40H24N6/c1-2-5-29(6-3-1)39-22-19-34-13-14-35-20-23-40(52-45(35)44(34)51-39)31-9-7-30(8-10-31)38-21-17-32-11-15-36(27-42(32)49-38)37-16-12-33-18-24-41(50-43(33)28-37)46-47-25-4-26-48-46;1-2-31-5-6-32-15-18-41(50-45(32)44(31)47-21-1)38-12-10-33-24-37(11-9-34(33)25-38)40-17-14-29-4-8-36(27-43(29)49-40)35-7-3-28-13-16-39(48-42(28)26-35)30-19-22-46-23-20-30;1-3-29-10-11-30-16-18-34(46-39(30)38(29)41-20-1)26-6-4-25(5-7-26)33-17-14-27-8-12-31(23-36(27)44-33)32-13-9-28-15-19-35(45-37(28)24-32)40-42-21-2-22-43-40/h1-28H;1-27H;1-24H. The van der Waals surface area contributed by atoms with E-state index in [1.54, 1.807) is 49.3 Å². The van der Waals surface area contributed by atoms with Crippen LogP contribution in [0.1, 0.15) is 0 Å². The van der Waals surface area contributed by atoms with E-state index in [9.17, 15) is 0 Å². The van der Waals surface area contributed by atoms with E-state index in [1.165, 1.54) is 0 Å². The maximum atomic E-state index is 5.14. The third kappa shape index (κ3) is 17.0. The maximum Gasteiger partial charge on any atom is 0.178 e. The summed E-state index contributed by atoms with van der Waals surface area (Å²) in [7, 11) is 0. The lowest BCUT2D eigenvalue weighted by molar-refractivity contribution is 1.15. The normalized spacial score (nSPS) is 11.5. The SMILES string of the molecule is c1ccc(-c2ccc3ccc4ccc(-c5ccc(-c6ccc7ccc(-c8ccc9ccc(-c%10ncccn%10)nc9c8)cc7n6)cc5)nc4c3n2)cc1.c1cnc(-c2ccc3ccc(-c4ccc5ccc(-c6ccc(-c7ccc8ccc9cccnc9c8n7)cc6)nc5c4)cc3n2)nc1.c1cnc2c(c1)ccc1ccc(-c3ccc4cc(-c5ccc6ccc(-c7ccc8ccc(-c9ccncc9)nc8c7)cc6n5)ccc4c3)nc12. The Morgan fingerprint density at radius 3 is 0.635 bits per heavy atom. The summed E-state index contributed by atoms with van der Waals surface area (Å²) in [6.45, 7) is 0. The second kappa shape index (κ2) is 37.2. The van der Waals surface area contributed by atoms with E-state index in [4.69, 9.17) is 49.8 Å². The van der Waals surface area contributed by atoms with Crippen LogP contribution < -0.4 is 0 Å². The first-order chi connectivity index (χ1) is 73.2. The van der Waals surface area contributed by atoms with E-state index in [1.807, 2.05) is 67.0 Å². The van der Waals surface area contributed by atoms with E-state index in [0.29, 0.717) is 11.6 Å². The average Bonchev–Trinajstić information content (AvgIpc) is 0.772. The van der Waals surface area contributed by atoms with Gasteiger partial charge >= 0.3 is 0 Å². The zero-order chi connectivity index (χ0) is 97.9. The molecule has 29 aromatic rings. The Bertz CT molecular complexity index is 10300. The summed E-state index contributed by atoms with van der Waals surface area (Å²) in [5.41, 5.74) is 35.0. The summed E-state index contributed by atoms with van der Waals surface area (Å²) in [5, 5.41) is 15.3. The Hall–Kier alpha value is -20.4. The number of pyridine rings is 13. The van der Waals surface area contributed by atoms with Crippen molar-refractivity contribution < 1.29 is 0 Å².